The molecule has 64 valence electrons. The van der Waals surface area contributed by atoms with Crippen LogP contribution in [0.2, 0.25) is 0 Å². The number of rotatable bonds is 1. The Morgan fingerprint density at radius 1 is 1.58 bits per heavy atom. The van der Waals surface area contributed by atoms with Gasteiger partial charge in [-0.25, -0.2) is 4.39 Å². The molecule has 2 nitrogen and oxygen atoms in total. The van der Waals surface area contributed by atoms with Crippen LogP contribution in [0.15, 0.2) is 18.2 Å². The Bertz CT molecular complexity index is 294. The molecule has 0 bridgehead atoms. The maximum atomic E-state index is 13.0. The van der Waals surface area contributed by atoms with E-state index in [1.54, 1.807) is 12.1 Å². The summed E-state index contributed by atoms with van der Waals surface area (Å²) in [4.78, 5) is 11.1. The Hall–Kier alpha value is -0.650. The number of carbonyl (C=O) groups excluding carboxylic acids is 1. The smallest absolute Gasteiger partial charge is 0.255 e. The fraction of sp³-hybridized carbons (Fsp3) is 0.125. The highest BCUT2D eigenvalue weighted by molar-refractivity contribution is 14.1. The predicted molar refractivity (Wildman–Crippen MR) is 52.5 cm³/mol. The molecule has 0 aromatic heterocycles. The summed E-state index contributed by atoms with van der Waals surface area (Å²) >= 11 is 1.92. The van der Waals surface area contributed by atoms with Gasteiger partial charge in [0, 0.05) is 10.6 Å². The van der Waals surface area contributed by atoms with Crippen molar-refractivity contribution < 1.29 is 9.18 Å². The van der Waals surface area contributed by atoms with Crippen molar-refractivity contribution in [2.24, 2.45) is 0 Å². The summed E-state index contributed by atoms with van der Waals surface area (Å²) < 4.78 is 13.6. The van der Waals surface area contributed by atoms with Crippen LogP contribution in [-0.2, 0) is 0 Å². The van der Waals surface area contributed by atoms with Crippen molar-refractivity contribution in [1.29, 1.82) is 0 Å². The molecule has 0 saturated heterocycles. The zero-order valence-corrected chi connectivity index (χ0v) is 8.55. The zero-order valence-electron chi connectivity index (χ0n) is 6.40. The molecule has 1 amide bonds. The molecular weight excluding hydrogens is 272 g/mol. The number of nitrogens with one attached hydrogen (secondary N) is 1. The van der Waals surface area contributed by atoms with E-state index < -0.39 is 11.7 Å². The van der Waals surface area contributed by atoms with Crippen LogP contribution in [0.25, 0.3) is 0 Å². The maximum Gasteiger partial charge on any atom is 0.255 e. The summed E-state index contributed by atoms with van der Waals surface area (Å²) in [5.41, 5.74) is 0.112. The molecule has 4 heteroatoms. The van der Waals surface area contributed by atoms with Crippen LogP contribution in [0.1, 0.15) is 10.4 Å². The minimum atomic E-state index is -0.485. The Labute approximate surface area is 83.3 Å². The summed E-state index contributed by atoms with van der Waals surface area (Å²) in [5.74, 6) is -0.876. The first-order chi connectivity index (χ1) is 5.66. The van der Waals surface area contributed by atoms with Gasteiger partial charge in [0.25, 0.3) is 5.91 Å². The highest BCUT2D eigenvalue weighted by Gasteiger charge is 2.12. The van der Waals surface area contributed by atoms with Gasteiger partial charge in [0.2, 0.25) is 0 Å². The third-order valence-electron chi connectivity index (χ3n) is 1.42. The molecule has 0 spiro atoms. The normalized spacial score (nSPS) is 9.58. The number of amides is 1. The standard InChI is InChI=1S/C8H7FINO/c1-11-8(12)7-5(9)3-2-4-6(7)10/h2-4H,1H3,(H,11,12). The van der Waals surface area contributed by atoms with Crippen LogP contribution in [0, 0.1) is 9.39 Å². The molecule has 0 aliphatic heterocycles. The Balaban J connectivity index is 3.21. The lowest BCUT2D eigenvalue weighted by molar-refractivity contribution is 0.0958. The molecule has 1 aromatic carbocycles. The SMILES string of the molecule is CNC(=O)c1c(F)cccc1I. The fourth-order valence-electron chi connectivity index (χ4n) is 0.840. The molecule has 0 atom stereocenters. The van der Waals surface area contributed by atoms with Crippen molar-refractivity contribution in [2.75, 3.05) is 7.05 Å². The molecule has 0 radical (unpaired) electrons. The van der Waals surface area contributed by atoms with Gasteiger partial charge in [-0.2, -0.15) is 0 Å². The van der Waals surface area contributed by atoms with Crippen molar-refractivity contribution in [3.05, 3.63) is 33.1 Å². The summed E-state index contributed by atoms with van der Waals surface area (Å²) in [5, 5.41) is 2.38. The second kappa shape index (κ2) is 3.84. The molecule has 1 aromatic rings. The fourth-order valence-corrected chi connectivity index (χ4v) is 1.55. The number of halogens is 2. The van der Waals surface area contributed by atoms with Gasteiger partial charge in [-0.3, -0.25) is 4.79 Å². The molecule has 1 rings (SSSR count). The molecule has 0 heterocycles. The average molecular weight is 279 g/mol. The molecule has 12 heavy (non-hydrogen) atoms. The molecule has 0 saturated carbocycles. The van der Waals surface area contributed by atoms with E-state index in [9.17, 15) is 9.18 Å². The first kappa shape index (κ1) is 9.44. The first-order valence-electron chi connectivity index (χ1n) is 3.33. The highest BCUT2D eigenvalue weighted by atomic mass is 127. The highest BCUT2D eigenvalue weighted by Crippen LogP contribution is 2.15. The lowest BCUT2D eigenvalue weighted by Gasteiger charge is -2.02. The van der Waals surface area contributed by atoms with E-state index in [1.165, 1.54) is 13.1 Å². The van der Waals surface area contributed by atoms with Gasteiger partial charge in [0.1, 0.15) is 5.82 Å². The van der Waals surface area contributed by atoms with Crippen LogP contribution in [0.5, 0.6) is 0 Å². The Morgan fingerprint density at radius 2 is 2.25 bits per heavy atom. The minimum absolute atomic E-state index is 0.112. The number of carbonyl (C=O) groups is 1. The molecule has 0 fully saturated rings. The van der Waals surface area contributed by atoms with Gasteiger partial charge < -0.3 is 5.32 Å². The topological polar surface area (TPSA) is 29.1 Å². The van der Waals surface area contributed by atoms with Gasteiger partial charge in [-0.1, -0.05) is 6.07 Å². The largest absolute Gasteiger partial charge is 0.355 e. The molecule has 0 aliphatic rings. The van der Waals surface area contributed by atoms with E-state index in [2.05, 4.69) is 5.32 Å². The van der Waals surface area contributed by atoms with Gasteiger partial charge >= 0.3 is 0 Å². The van der Waals surface area contributed by atoms with Crippen molar-refractivity contribution in [1.82, 2.24) is 5.32 Å². The third-order valence-corrected chi connectivity index (χ3v) is 2.32. The first-order valence-corrected chi connectivity index (χ1v) is 4.40. The van der Waals surface area contributed by atoms with E-state index in [0.717, 1.165) is 0 Å². The van der Waals surface area contributed by atoms with Gasteiger partial charge in [-0.05, 0) is 34.7 Å². The van der Waals surface area contributed by atoms with Crippen LogP contribution < -0.4 is 5.32 Å². The lowest BCUT2D eigenvalue weighted by atomic mass is 10.2. The molecule has 0 unspecified atom stereocenters. The van der Waals surface area contributed by atoms with E-state index in [1.807, 2.05) is 22.6 Å². The summed E-state index contributed by atoms with van der Waals surface area (Å²) in [6.45, 7) is 0. The van der Waals surface area contributed by atoms with E-state index in [-0.39, 0.29) is 5.56 Å². The van der Waals surface area contributed by atoms with Crippen LogP contribution >= 0.6 is 22.6 Å². The Kier molecular flexibility index (Phi) is 3.02. The van der Waals surface area contributed by atoms with E-state index >= 15 is 0 Å². The molecular formula is C8H7FINO. The van der Waals surface area contributed by atoms with Gasteiger partial charge in [0.15, 0.2) is 0 Å². The second-order valence-corrected chi connectivity index (χ2v) is 3.34. The number of hydrogen-bond acceptors (Lipinski definition) is 1. The van der Waals surface area contributed by atoms with Crippen molar-refractivity contribution in [3.8, 4) is 0 Å². The predicted octanol–water partition coefficient (Wildman–Crippen LogP) is 1.79. The zero-order chi connectivity index (χ0) is 9.14. The van der Waals surface area contributed by atoms with Crippen LogP contribution in [0.4, 0.5) is 4.39 Å². The minimum Gasteiger partial charge on any atom is -0.355 e. The van der Waals surface area contributed by atoms with Crippen LogP contribution in [-0.4, -0.2) is 13.0 Å². The van der Waals surface area contributed by atoms with Crippen molar-refractivity contribution in [2.45, 2.75) is 0 Å². The lowest BCUT2D eigenvalue weighted by Crippen LogP contribution is -2.20. The van der Waals surface area contributed by atoms with Gasteiger partial charge in [-0.15, -0.1) is 0 Å². The number of hydrogen-bond donors (Lipinski definition) is 1. The van der Waals surface area contributed by atoms with E-state index in [0.29, 0.717) is 3.57 Å². The van der Waals surface area contributed by atoms with Gasteiger partial charge in [0.05, 0.1) is 5.56 Å². The van der Waals surface area contributed by atoms with Crippen molar-refractivity contribution in [3.63, 3.8) is 0 Å². The summed E-state index contributed by atoms with van der Waals surface area (Å²) in [6.07, 6.45) is 0. The average Bonchev–Trinajstić information content (AvgIpc) is 2.03. The Morgan fingerprint density at radius 3 is 2.75 bits per heavy atom. The summed E-state index contributed by atoms with van der Waals surface area (Å²) in [7, 11) is 1.48. The molecule has 0 aliphatic carbocycles. The number of benzene rings is 1. The maximum absolute atomic E-state index is 13.0. The monoisotopic (exact) mass is 279 g/mol. The second-order valence-electron chi connectivity index (χ2n) is 2.18. The third kappa shape index (κ3) is 1.74. The summed E-state index contributed by atoms with van der Waals surface area (Å²) in [6, 6.07) is 4.53. The van der Waals surface area contributed by atoms with E-state index in [4.69, 9.17) is 0 Å². The molecule has 1 N–H and O–H groups in total. The van der Waals surface area contributed by atoms with Crippen LogP contribution in [0.3, 0.4) is 0 Å². The van der Waals surface area contributed by atoms with Crippen molar-refractivity contribution >= 4 is 28.5 Å². The quantitative estimate of drug-likeness (QED) is 0.780.